The van der Waals surface area contributed by atoms with Crippen molar-refractivity contribution in [1.29, 1.82) is 0 Å². The molecule has 3 fully saturated rings. The van der Waals surface area contributed by atoms with E-state index in [9.17, 15) is 9.59 Å². The molecule has 6 nitrogen and oxygen atoms in total. The molecule has 0 aromatic heterocycles. The van der Waals surface area contributed by atoms with Crippen LogP contribution < -0.4 is 5.32 Å². The van der Waals surface area contributed by atoms with E-state index in [1.807, 2.05) is 13.1 Å². The van der Waals surface area contributed by atoms with Gasteiger partial charge in [0.2, 0.25) is 0 Å². The Hall–Kier alpha value is -1.40. The molecule has 4 aliphatic carbocycles. The lowest BCUT2D eigenvalue weighted by molar-refractivity contribution is -0.117. The van der Waals surface area contributed by atoms with Gasteiger partial charge in [-0.1, -0.05) is 24.6 Å². The van der Waals surface area contributed by atoms with E-state index >= 15 is 0 Å². The Morgan fingerprint density at radius 2 is 1.94 bits per heavy atom. The SMILES string of the molecule is CNCCCN(C)C(=O)O/N=C(\C)[C@H]1CC[C@H]2[C@@H]3CCC4=CC(=O)CC[C@]4(C)[C@H]3CC[C@]12C.Cl. The number of hydrogen-bond donors (Lipinski definition) is 1. The van der Waals surface area contributed by atoms with Crippen molar-refractivity contribution in [2.24, 2.45) is 39.7 Å². The standard InChI is InChI=1S/C27H43N3O3.ClH/c1-18(29-33-25(32)30(5)16-6-15-28-4)22-9-10-23-21-8-7-19-17-20(31)11-13-26(19,2)24(21)12-14-27(22,23)3;/h17,21-24,28H,6-16H2,1-5H3;1H/b29-18+;/t21-,22+,23-,24-,26-,27+;/m0./s1. The van der Waals surface area contributed by atoms with Crippen LogP contribution in [-0.2, 0) is 9.63 Å². The summed E-state index contributed by atoms with van der Waals surface area (Å²) in [5.41, 5.74) is 2.84. The molecule has 7 heteroatoms. The Bertz CT molecular complexity index is 843. The molecule has 0 saturated heterocycles. The van der Waals surface area contributed by atoms with Crippen molar-refractivity contribution < 1.29 is 14.4 Å². The van der Waals surface area contributed by atoms with Crippen LogP contribution in [0, 0.1) is 34.5 Å². The number of ketones is 1. The summed E-state index contributed by atoms with van der Waals surface area (Å²) in [6.45, 7) is 8.48. The fourth-order valence-electron chi connectivity index (χ4n) is 8.07. The molecule has 0 radical (unpaired) electrons. The minimum absolute atomic E-state index is 0. The molecule has 0 aromatic carbocycles. The van der Waals surface area contributed by atoms with Crippen molar-refractivity contribution in [1.82, 2.24) is 10.2 Å². The van der Waals surface area contributed by atoms with E-state index < -0.39 is 0 Å². The summed E-state index contributed by atoms with van der Waals surface area (Å²) in [6, 6.07) is 0. The fraction of sp³-hybridized carbons (Fsp3) is 0.815. The highest BCUT2D eigenvalue weighted by Crippen LogP contribution is 2.66. The molecule has 4 rings (SSSR count). The zero-order valence-electron chi connectivity index (χ0n) is 21.7. The molecule has 4 aliphatic rings. The van der Waals surface area contributed by atoms with Crippen LogP contribution in [0.1, 0.15) is 78.6 Å². The maximum Gasteiger partial charge on any atom is 0.435 e. The normalized spacial score (nSPS) is 37.0. The van der Waals surface area contributed by atoms with Crippen LogP contribution in [0.4, 0.5) is 4.79 Å². The van der Waals surface area contributed by atoms with E-state index in [2.05, 4.69) is 31.2 Å². The van der Waals surface area contributed by atoms with E-state index in [1.54, 1.807) is 11.9 Å². The van der Waals surface area contributed by atoms with Gasteiger partial charge in [-0.25, -0.2) is 4.79 Å². The van der Waals surface area contributed by atoms with Gasteiger partial charge in [0.25, 0.3) is 0 Å². The minimum Gasteiger partial charge on any atom is -0.320 e. The molecule has 0 unspecified atom stereocenters. The number of fused-ring (bicyclic) bond motifs is 5. The predicted molar refractivity (Wildman–Crippen MR) is 138 cm³/mol. The number of rotatable bonds is 6. The second kappa shape index (κ2) is 10.7. The van der Waals surface area contributed by atoms with E-state index in [0.29, 0.717) is 36.5 Å². The second-order valence-electron chi connectivity index (χ2n) is 11.6. The van der Waals surface area contributed by atoms with Crippen LogP contribution in [0.3, 0.4) is 0 Å². The van der Waals surface area contributed by atoms with Gasteiger partial charge in [0.1, 0.15) is 0 Å². The van der Waals surface area contributed by atoms with Gasteiger partial charge in [-0.05, 0) is 107 Å². The van der Waals surface area contributed by atoms with Crippen LogP contribution in [-0.4, -0.2) is 49.7 Å². The first-order valence-corrected chi connectivity index (χ1v) is 13.1. The van der Waals surface area contributed by atoms with Crippen molar-refractivity contribution >= 4 is 30.0 Å². The lowest BCUT2D eigenvalue weighted by Gasteiger charge is -2.58. The van der Waals surface area contributed by atoms with Gasteiger partial charge in [-0.3, -0.25) is 9.63 Å². The van der Waals surface area contributed by atoms with E-state index in [0.717, 1.165) is 43.9 Å². The van der Waals surface area contributed by atoms with E-state index in [1.165, 1.54) is 31.3 Å². The number of nitrogens with one attached hydrogen (secondary N) is 1. The first kappa shape index (κ1) is 27.2. The zero-order valence-corrected chi connectivity index (χ0v) is 22.5. The third-order valence-electron chi connectivity index (χ3n) is 9.97. The molecule has 3 saturated carbocycles. The van der Waals surface area contributed by atoms with Gasteiger partial charge in [0.15, 0.2) is 5.78 Å². The topological polar surface area (TPSA) is 71.0 Å². The third-order valence-corrected chi connectivity index (χ3v) is 9.97. The molecule has 0 aliphatic heterocycles. The van der Waals surface area contributed by atoms with Crippen molar-refractivity contribution in [3.8, 4) is 0 Å². The van der Waals surface area contributed by atoms with Crippen molar-refractivity contribution in [3.63, 3.8) is 0 Å². The number of carbonyl (C=O) groups is 2. The molecule has 0 spiro atoms. The van der Waals surface area contributed by atoms with Crippen LogP contribution in [0.25, 0.3) is 0 Å². The van der Waals surface area contributed by atoms with Gasteiger partial charge >= 0.3 is 6.09 Å². The Morgan fingerprint density at radius 3 is 2.68 bits per heavy atom. The number of nitrogens with zero attached hydrogens (tertiary/aromatic N) is 2. The molecule has 0 aromatic rings. The smallest absolute Gasteiger partial charge is 0.320 e. The van der Waals surface area contributed by atoms with Gasteiger partial charge < -0.3 is 10.2 Å². The summed E-state index contributed by atoms with van der Waals surface area (Å²) in [4.78, 5) is 31.4. The van der Waals surface area contributed by atoms with Crippen molar-refractivity contribution in [2.75, 3.05) is 27.2 Å². The van der Waals surface area contributed by atoms with Crippen molar-refractivity contribution in [2.45, 2.75) is 78.6 Å². The molecule has 6 atom stereocenters. The number of amides is 1. The molecular weight excluding hydrogens is 450 g/mol. The van der Waals surface area contributed by atoms with Crippen LogP contribution in [0.5, 0.6) is 0 Å². The summed E-state index contributed by atoms with van der Waals surface area (Å²) >= 11 is 0. The molecule has 0 heterocycles. The molecule has 1 amide bonds. The second-order valence-corrected chi connectivity index (χ2v) is 11.6. The minimum atomic E-state index is -0.375. The third kappa shape index (κ3) is 4.82. The summed E-state index contributed by atoms with van der Waals surface area (Å²) in [7, 11) is 3.68. The molecular formula is C27H44ClN3O3. The quantitative estimate of drug-likeness (QED) is 0.226. The monoisotopic (exact) mass is 493 g/mol. The highest BCUT2D eigenvalue weighted by atomic mass is 35.5. The van der Waals surface area contributed by atoms with Gasteiger partial charge in [0, 0.05) is 25.9 Å². The molecule has 34 heavy (non-hydrogen) atoms. The van der Waals surface area contributed by atoms with E-state index in [-0.39, 0.29) is 29.3 Å². The number of hydrogen-bond acceptors (Lipinski definition) is 5. The lowest BCUT2D eigenvalue weighted by Crippen LogP contribution is -2.51. The largest absolute Gasteiger partial charge is 0.435 e. The predicted octanol–water partition coefficient (Wildman–Crippen LogP) is 5.61. The maximum atomic E-state index is 12.3. The first-order chi connectivity index (χ1) is 15.7. The molecule has 192 valence electrons. The number of allylic oxidation sites excluding steroid dienone is 1. The maximum absolute atomic E-state index is 12.3. The van der Waals surface area contributed by atoms with Crippen LogP contribution in [0.2, 0.25) is 0 Å². The van der Waals surface area contributed by atoms with Crippen molar-refractivity contribution in [3.05, 3.63) is 11.6 Å². The summed E-state index contributed by atoms with van der Waals surface area (Å²) < 4.78 is 0. The Labute approximate surface area is 211 Å². The first-order valence-electron chi connectivity index (χ1n) is 13.1. The molecule has 1 N–H and O–H groups in total. The average molecular weight is 494 g/mol. The Balaban J connectivity index is 0.00000324. The lowest BCUT2D eigenvalue weighted by atomic mass is 9.46. The van der Waals surface area contributed by atoms with Gasteiger partial charge in [-0.15, -0.1) is 12.4 Å². The summed E-state index contributed by atoms with van der Waals surface area (Å²) in [6.07, 6.45) is 11.4. The molecule has 0 bridgehead atoms. The van der Waals surface area contributed by atoms with E-state index in [4.69, 9.17) is 4.84 Å². The fourth-order valence-corrected chi connectivity index (χ4v) is 8.07. The highest BCUT2D eigenvalue weighted by Gasteiger charge is 2.59. The zero-order chi connectivity index (χ0) is 23.8. The highest BCUT2D eigenvalue weighted by molar-refractivity contribution is 5.91. The summed E-state index contributed by atoms with van der Waals surface area (Å²) in [5.74, 6) is 2.84. The van der Waals surface area contributed by atoms with Crippen LogP contribution >= 0.6 is 12.4 Å². The number of halogens is 1. The van der Waals surface area contributed by atoms with Gasteiger partial charge in [-0.2, -0.15) is 0 Å². The van der Waals surface area contributed by atoms with Crippen LogP contribution in [0.15, 0.2) is 16.8 Å². The average Bonchev–Trinajstić information content (AvgIpc) is 3.15. The number of carbonyl (C=O) groups excluding carboxylic acids is 2. The Morgan fingerprint density at radius 1 is 1.18 bits per heavy atom. The van der Waals surface area contributed by atoms with Gasteiger partial charge in [0.05, 0.1) is 5.71 Å². The Kier molecular flexibility index (Phi) is 8.55. The number of oxime groups is 1. The summed E-state index contributed by atoms with van der Waals surface area (Å²) in [5, 5.41) is 7.44.